The summed E-state index contributed by atoms with van der Waals surface area (Å²) in [5.41, 5.74) is 4.32. The number of aryl methyl sites for hydroxylation is 2. The van der Waals surface area contributed by atoms with Gasteiger partial charge in [-0.05, 0) is 39.3 Å². The summed E-state index contributed by atoms with van der Waals surface area (Å²) >= 11 is 1.41. The minimum atomic E-state index is -0.299. The number of ether oxygens (including phenoxy) is 1. The van der Waals surface area contributed by atoms with Gasteiger partial charge in [0, 0.05) is 31.5 Å². The lowest BCUT2D eigenvalue weighted by Crippen LogP contribution is -2.32. The van der Waals surface area contributed by atoms with E-state index in [1.807, 2.05) is 23.6 Å². The normalized spacial score (nSPS) is 12.0. The van der Waals surface area contributed by atoms with Gasteiger partial charge in [0.15, 0.2) is 11.0 Å². The van der Waals surface area contributed by atoms with E-state index in [4.69, 9.17) is 4.74 Å². The third-order valence-electron chi connectivity index (χ3n) is 4.71. The average Bonchev–Trinajstić information content (AvgIpc) is 3.15. The molecule has 158 valence electrons. The van der Waals surface area contributed by atoms with Gasteiger partial charge >= 0.3 is 0 Å². The van der Waals surface area contributed by atoms with E-state index in [0.717, 1.165) is 23.5 Å². The maximum absolute atomic E-state index is 12.5. The topological polar surface area (TPSA) is 69.0 Å². The Morgan fingerprint density at radius 2 is 1.70 bits per heavy atom. The van der Waals surface area contributed by atoms with Crippen molar-refractivity contribution >= 4 is 17.7 Å². The number of benzene rings is 2. The second-order valence-corrected chi connectivity index (χ2v) is 8.55. The highest BCUT2D eigenvalue weighted by Crippen LogP contribution is 2.30. The molecule has 6 nitrogen and oxygen atoms in total. The molecule has 1 amide bonds. The third-order valence-corrected chi connectivity index (χ3v) is 5.75. The zero-order valence-electron chi connectivity index (χ0n) is 17.9. The van der Waals surface area contributed by atoms with E-state index < -0.39 is 0 Å². The standard InChI is InChI=1S/C23H28N4O2S/c1-16-6-10-19(11-7-16)21-25-26-23(27(21)20-12-8-17(2)9-13-20)30-18(3)22(28)24-14-5-15-29-4/h6-13,18H,5,14-15H2,1-4H3,(H,24,28). The Morgan fingerprint density at radius 1 is 1.07 bits per heavy atom. The number of rotatable bonds is 9. The molecular weight excluding hydrogens is 396 g/mol. The maximum atomic E-state index is 12.5. The van der Waals surface area contributed by atoms with E-state index in [1.54, 1.807) is 7.11 Å². The van der Waals surface area contributed by atoms with Gasteiger partial charge in [0.05, 0.1) is 5.25 Å². The maximum Gasteiger partial charge on any atom is 0.233 e. The summed E-state index contributed by atoms with van der Waals surface area (Å²) in [7, 11) is 1.66. The monoisotopic (exact) mass is 424 g/mol. The van der Waals surface area contributed by atoms with Gasteiger partial charge in [0.2, 0.25) is 5.91 Å². The Balaban J connectivity index is 1.88. The van der Waals surface area contributed by atoms with E-state index >= 15 is 0 Å². The molecule has 0 saturated heterocycles. The zero-order chi connectivity index (χ0) is 21.5. The Morgan fingerprint density at radius 3 is 2.33 bits per heavy atom. The molecule has 30 heavy (non-hydrogen) atoms. The second kappa shape index (κ2) is 10.4. The lowest BCUT2D eigenvalue weighted by molar-refractivity contribution is -0.120. The first-order chi connectivity index (χ1) is 14.5. The number of nitrogens with one attached hydrogen (secondary N) is 1. The minimum Gasteiger partial charge on any atom is -0.385 e. The van der Waals surface area contributed by atoms with E-state index in [2.05, 4.69) is 65.8 Å². The van der Waals surface area contributed by atoms with Crippen LogP contribution in [0.1, 0.15) is 24.5 Å². The Kier molecular flexibility index (Phi) is 7.65. The molecule has 3 rings (SSSR count). The molecule has 0 bridgehead atoms. The van der Waals surface area contributed by atoms with E-state index in [1.165, 1.54) is 22.9 Å². The number of carbonyl (C=O) groups excluding carboxylic acids is 1. The first kappa shape index (κ1) is 22.1. The number of nitrogens with zero attached hydrogens (tertiary/aromatic N) is 3. The number of amides is 1. The summed E-state index contributed by atoms with van der Waals surface area (Å²) in [5.74, 6) is 0.737. The predicted octanol–water partition coefficient (Wildman–Crippen LogP) is 4.18. The van der Waals surface area contributed by atoms with Crippen molar-refractivity contribution in [2.24, 2.45) is 0 Å². The van der Waals surface area contributed by atoms with Crippen molar-refractivity contribution < 1.29 is 9.53 Å². The van der Waals surface area contributed by atoms with Crippen molar-refractivity contribution in [3.8, 4) is 17.1 Å². The number of hydrogen-bond donors (Lipinski definition) is 1. The summed E-state index contributed by atoms with van der Waals surface area (Å²) in [6.07, 6.45) is 0.788. The molecule has 1 aromatic heterocycles. The number of methoxy groups -OCH3 is 1. The van der Waals surface area contributed by atoms with Gasteiger partial charge in [0.25, 0.3) is 0 Å². The van der Waals surface area contributed by atoms with Crippen LogP contribution < -0.4 is 5.32 Å². The molecule has 1 heterocycles. The van der Waals surface area contributed by atoms with E-state index in [9.17, 15) is 4.79 Å². The number of hydrogen-bond acceptors (Lipinski definition) is 5. The van der Waals surface area contributed by atoms with Crippen LogP contribution in [0.4, 0.5) is 0 Å². The van der Waals surface area contributed by atoms with Crippen molar-refractivity contribution in [1.29, 1.82) is 0 Å². The van der Waals surface area contributed by atoms with Crippen molar-refractivity contribution in [2.45, 2.75) is 37.6 Å². The molecule has 0 saturated carbocycles. The molecule has 0 aliphatic rings. The molecule has 0 fully saturated rings. The SMILES string of the molecule is COCCCNC(=O)C(C)Sc1nnc(-c2ccc(C)cc2)n1-c1ccc(C)cc1. The summed E-state index contributed by atoms with van der Waals surface area (Å²) in [6, 6.07) is 16.4. The van der Waals surface area contributed by atoms with Gasteiger partial charge in [-0.2, -0.15) is 0 Å². The molecule has 1 atom stereocenters. The molecule has 1 N–H and O–H groups in total. The number of aromatic nitrogens is 3. The average molecular weight is 425 g/mol. The highest BCUT2D eigenvalue weighted by Gasteiger charge is 2.21. The lowest BCUT2D eigenvalue weighted by Gasteiger charge is -2.14. The molecular formula is C23H28N4O2S. The van der Waals surface area contributed by atoms with E-state index in [0.29, 0.717) is 18.3 Å². The van der Waals surface area contributed by atoms with Crippen LogP contribution >= 0.6 is 11.8 Å². The summed E-state index contributed by atoms with van der Waals surface area (Å²) in [5, 5.41) is 12.2. The van der Waals surface area contributed by atoms with Crippen LogP contribution in [0.2, 0.25) is 0 Å². The Labute approximate surface area is 182 Å². The Bertz CT molecular complexity index is 968. The predicted molar refractivity (Wildman–Crippen MR) is 121 cm³/mol. The van der Waals surface area contributed by atoms with E-state index in [-0.39, 0.29) is 11.2 Å². The van der Waals surface area contributed by atoms with Gasteiger partial charge in [-0.3, -0.25) is 9.36 Å². The molecule has 0 aliphatic heterocycles. The van der Waals surface area contributed by atoms with Crippen LogP contribution in [0.25, 0.3) is 17.1 Å². The highest BCUT2D eigenvalue weighted by molar-refractivity contribution is 8.00. The first-order valence-electron chi connectivity index (χ1n) is 10.0. The molecule has 0 spiro atoms. The fourth-order valence-electron chi connectivity index (χ4n) is 2.95. The van der Waals surface area contributed by atoms with Crippen molar-refractivity contribution in [3.63, 3.8) is 0 Å². The number of thioether (sulfide) groups is 1. The van der Waals surface area contributed by atoms with Crippen molar-refractivity contribution in [3.05, 3.63) is 59.7 Å². The third kappa shape index (κ3) is 5.49. The van der Waals surface area contributed by atoms with Gasteiger partial charge < -0.3 is 10.1 Å². The van der Waals surface area contributed by atoms with Crippen LogP contribution in [-0.4, -0.2) is 46.2 Å². The summed E-state index contributed by atoms with van der Waals surface area (Å²) < 4.78 is 7.04. The fraction of sp³-hybridized carbons (Fsp3) is 0.348. The molecule has 1 unspecified atom stereocenters. The zero-order valence-corrected chi connectivity index (χ0v) is 18.7. The highest BCUT2D eigenvalue weighted by atomic mass is 32.2. The first-order valence-corrected chi connectivity index (χ1v) is 10.9. The lowest BCUT2D eigenvalue weighted by atomic mass is 10.1. The molecule has 2 aromatic carbocycles. The molecule has 0 radical (unpaired) electrons. The Hall–Kier alpha value is -2.64. The quantitative estimate of drug-likeness (QED) is 0.412. The number of carbonyl (C=O) groups is 1. The molecule has 3 aromatic rings. The molecule has 0 aliphatic carbocycles. The van der Waals surface area contributed by atoms with Gasteiger partial charge in [-0.15, -0.1) is 10.2 Å². The smallest absolute Gasteiger partial charge is 0.233 e. The van der Waals surface area contributed by atoms with Gasteiger partial charge in [-0.25, -0.2) is 0 Å². The van der Waals surface area contributed by atoms with Crippen molar-refractivity contribution in [1.82, 2.24) is 20.1 Å². The summed E-state index contributed by atoms with van der Waals surface area (Å²) in [6.45, 7) is 7.22. The van der Waals surface area contributed by atoms with Crippen LogP contribution in [0.15, 0.2) is 53.7 Å². The minimum absolute atomic E-state index is 0.0218. The van der Waals surface area contributed by atoms with Crippen molar-refractivity contribution in [2.75, 3.05) is 20.3 Å². The molecule has 7 heteroatoms. The van der Waals surface area contributed by atoms with Crippen LogP contribution in [0, 0.1) is 13.8 Å². The van der Waals surface area contributed by atoms with Gasteiger partial charge in [0.1, 0.15) is 0 Å². The fourth-order valence-corrected chi connectivity index (χ4v) is 3.84. The van der Waals surface area contributed by atoms with Gasteiger partial charge in [-0.1, -0.05) is 59.3 Å². The second-order valence-electron chi connectivity index (χ2n) is 7.24. The van der Waals surface area contributed by atoms with Crippen LogP contribution in [0.3, 0.4) is 0 Å². The largest absolute Gasteiger partial charge is 0.385 e. The van der Waals surface area contributed by atoms with Crippen LogP contribution in [0.5, 0.6) is 0 Å². The summed E-state index contributed by atoms with van der Waals surface area (Å²) in [4.78, 5) is 12.5. The van der Waals surface area contributed by atoms with Crippen LogP contribution in [-0.2, 0) is 9.53 Å².